The fourth-order valence-corrected chi connectivity index (χ4v) is 2.49. The van der Waals surface area contributed by atoms with Gasteiger partial charge in [0.2, 0.25) is 0 Å². The minimum atomic E-state index is -0.770. The fraction of sp³-hybridized carbons (Fsp3) is 0.714. The Hall–Kier alpha value is -2.12. The van der Waals surface area contributed by atoms with Gasteiger partial charge in [-0.25, -0.2) is 9.59 Å². The van der Waals surface area contributed by atoms with E-state index in [4.69, 9.17) is 9.47 Å². The van der Waals surface area contributed by atoms with E-state index in [1.807, 2.05) is 4.57 Å². The van der Waals surface area contributed by atoms with E-state index in [-0.39, 0.29) is 5.92 Å². The third-order valence-electron chi connectivity index (χ3n) is 3.43. The number of fused-ring (bicyclic) bond motifs is 1. The molecule has 0 radical (unpaired) electrons. The van der Waals surface area contributed by atoms with Crippen molar-refractivity contribution >= 4 is 12.1 Å². The Morgan fingerprint density at radius 3 is 2.86 bits per heavy atom. The number of carbonyl (C=O) groups is 2. The zero-order valence-electron chi connectivity index (χ0n) is 13.3. The highest BCUT2D eigenvalue weighted by Crippen LogP contribution is 2.30. The Kier molecular flexibility index (Phi) is 4.68. The molecule has 1 aliphatic heterocycles. The maximum atomic E-state index is 11.9. The molecule has 0 saturated carbocycles. The summed E-state index contributed by atoms with van der Waals surface area (Å²) in [7, 11) is 1.29. The number of alkyl carbamates (subject to hydrolysis) is 1. The molecular formula is C14H22N4O4. The van der Waals surface area contributed by atoms with Gasteiger partial charge in [0.05, 0.1) is 7.11 Å². The van der Waals surface area contributed by atoms with Crippen molar-refractivity contribution < 1.29 is 19.1 Å². The number of esters is 1. The van der Waals surface area contributed by atoms with E-state index in [1.165, 1.54) is 7.11 Å². The minimum absolute atomic E-state index is 0.0570. The molecule has 0 aliphatic carbocycles. The van der Waals surface area contributed by atoms with Gasteiger partial charge in [0, 0.05) is 12.5 Å². The van der Waals surface area contributed by atoms with E-state index in [9.17, 15) is 9.59 Å². The van der Waals surface area contributed by atoms with Crippen LogP contribution in [0.25, 0.3) is 0 Å². The lowest BCUT2D eigenvalue weighted by Gasteiger charge is -2.23. The van der Waals surface area contributed by atoms with Gasteiger partial charge in [-0.05, 0) is 33.6 Å². The van der Waals surface area contributed by atoms with Crippen molar-refractivity contribution in [3.63, 3.8) is 0 Å². The number of aromatic nitrogens is 3. The smallest absolute Gasteiger partial charge is 0.408 e. The molecule has 1 aromatic rings. The first-order chi connectivity index (χ1) is 10.3. The van der Waals surface area contributed by atoms with Crippen molar-refractivity contribution in [3.05, 3.63) is 12.2 Å². The highest BCUT2D eigenvalue weighted by Gasteiger charge is 2.32. The van der Waals surface area contributed by atoms with Crippen molar-refractivity contribution in [2.45, 2.75) is 57.7 Å². The molecule has 122 valence electrons. The maximum Gasteiger partial charge on any atom is 0.408 e. The molecule has 0 spiro atoms. The highest BCUT2D eigenvalue weighted by molar-refractivity contribution is 5.81. The largest absolute Gasteiger partial charge is 0.467 e. The van der Waals surface area contributed by atoms with Crippen LogP contribution >= 0.6 is 0 Å². The summed E-state index contributed by atoms with van der Waals surface area (Å²) in [6, 6.07) is -0.770. The predicted molar refractivity (Wildman–Crippen MR) is 77.2 cm³/mol. The monoisotopic (exact) mass is 310 g/mol. The average Bonchev–Trinajstić information content (AvgIpc) is 2.99. The first-order valence-electron chi connectivity index (χ1n) is 7.25. The Morgan fingerprint density at radius 2 is 2.23 bits per heavy atom. The highest BCUT2D eigenvalue weighted by atomic mass is 16.6. The quantitative estimate of drug-likeness (QED) is 0.840. The van der Waals surface area contributed by atoms with E-state index in [0.717, 1.165) is 18.8 Å². The number of ether oxygens (including phenoxy) is 2. The first kappa shape index (κ1) is 16.3. The summed E-state index contributed by atoms with van der Waals surface area (Å²) in [5.74, 6) is 0.394. The van der Waals surface area contributed by atoms with Gasteiger partial charge in [0.1, 0.15) is 23.8 Å². The molecule has 1 aromatic heterocycles. The van der Waals surface area contributed by atoms with Crippen LogP contribution in [0.5, 0.6) is 0 Å². The van der Waals surface area contributed by atoms with Crippen LogP contribution in [0.1, 0.15) is 45.4 Å². The molecule has 0 bridgehead atoms. The molecular weight excluding hydrogens is 288 g/mol. The summed E-state index contributed by atoms with van der Waals surface area (Å²) in [6.07, 6.45) is 2.30. The Balaban J connectivity index is 2.02. The molecule has 2 heterocycles. The molecule has 0 saturated heterocycles. The topological polar surface area (TPSA) is 95.3 Å². The lowest BCUT2D eigenvalue weighted by Crippen LogP contribution is -2.44. The zero-order valence-corrected chi connectivity index (χ0v) is 13.3. The number of methoxy groups -OCH3 is 1. The van der Waals surface area contributed by atoms with Gasteiger partial charge >= 0.3 is 12.1 Å². The third kappa shape index (κ3) is 3.96. The number of carbonyl (C=O) groups excluding carboxylic acids is 2. The number of amides is 1. The number of hydrogen-bond donors (Lipinski definition) is 1. The van der Waals surface area contributed by atoms with Gasteiger partial charge in [-0.3, -0.25) is 0 Å². The standard InChI is InChI=1S/C14H22N4O4/c1-14(2,3)22-13(20)16-10(12(19)21-4)7-9-5-6-18-8-15-17-11(9)18/h8-10H,5-7H2,1-4H3,(H,16,20)/t9-,10-/m0/s1. The van der Waals surface area contributed by atoms with Crippen LogP contribution in [0.4, 0.5) is 4.79 Å². The summed E-state index contributed by atoms with van der Waals surface area (Å²) < 4.78 is 11.9. The number of nitrogens with one attached hydrogen (secondary N) is 1. The molecule has 8 heteroatoms. The van der Waals surface area contributed by atoms with E-state index in [2.05, 4.69) is 15.5 Å². The number of aryl methyl sites for hydroxylation is 1. The second kappa shape index (κ2) is 6.33. The molecule has 8 nitrogen and oxygen atoms in total. The van der Waals surface area contributed by atoms with Gasteiger partial charge in [-0.15, -0.1) is 10.2 Å². The van der Waals surface area contributed by atoms with Crippen LogP contribution in [0, 0.1) is 0 Å². The van der Waals surface area contributed by atoms with Crippen LogP contribution in [-0.4, -0.2) is 45.6 Å². The predicted octanol–water partition coefficient (Wildman–Crippen LogP) is 1.22. The van der Waals surface area contributed by atoms with E-state index in [1.54, 1.807) is 27.1 Å². The van der Waals surface area contributed by atoms with Crippen molar-refractivity contribution in [2.75, 3.05) is 7.11 Å². The SMILES string of the molecule is COC(=O)[C@H](C[C@@H]1CCn2cnnc21)NC(=O)OC(C)(C)C. The maximum absolute atomic E-state index is 11.9. The van der Waals surface area contributed by atoms with Gasteiger partial charge in [0.25, 0.3) is 0 Å². The summed E-state index contributed by atoms with van der Waals surface area (Å²) in [6.45, 7) is 6.10. The van der Waals surface area contributed by atoms with Crippen molar-refractivity contribution in [2.24, 2.45) is 0 Å². The molecule has 2 rings (SSSR count). The van der Waals surface area contributed by atoms with Crippen molar-refractivity contribution in [3.8, 4) is 0 Å². The van der Waals surface area contributed by atoms with Crippen molar-refractivity contribution in [1.82, 2.24) is 20.1 Å². The molecule has 1 amide bonds. The Labute approximate surface area is 129 Å². The Morgan fingerprint density at radius 1 is 1.50 bits per heavy atom. The van der Waals surface area contributed by atoms with Crippen LogP contribution in [0.3, 0.4) is 0 Å². The molecule has 22 heavy (non-hydrogen) atoms. The number of hydrogen-bond acceptors (Lipinski definition) is 6. The Bertz CT molecular complexity index is 549. The summed E-state index contributed by atoms with van der Waals surface area (Å²) in [5, 5.41) is 10.5. The minimum Gasteiger partial charge on any atom is -0.467 e. The molecule has 0 fully saturated rings. The summed E-state index contributed by atoms with van der Waals surface area (Å²) >= 11 is 0. The van der Waals surface area contributed by atoms with E-state index >= 15 is 0 Å². The second-order valence-electron chi connectivity index (χ2n) is 6.33. The lowest BCUT2D eigenvalue weighted by atomic mass is 9.98. The van der Waals surface area contributed by atoms with E-state index in [0.29, 0.717) is 6.42 Å². The average molecular weight is 310 g/mol. The third-order valence-corrected chi connectivity index (χ3v) is 3.43. The number of nitrogens with zero attached hydrogens (tertiary/aromatic N) is 3. The van der Waals surface area contributed by atoms with Crippen LogP contribution in [-0.2, 0) is 20.8 Å². The first-order valence-corrected chi connectivity index (χ1v) is 7.25. The summed E-state index contributed by atoms with van der Waals surface area (Å²) in [4.78, 5) is 23.8. The molecule has 0 unspecified atom stereocenters. The summed E-state index contributed by atoms with van der Waals surface area (Å²) in [5.41, 5.74) is -0.627. The lowest BCUT2D eigenvalue weighted by molar-refractivity contribution is -0.143. The van der Waals surface area contributed by atoms with Crippen LogP contribution < -0.4 is 5.32 Å². The number of rotatable bonds is 4. The molecule has 0 aromatic carbocycles. The molecule has 1 N–H and O–H groups in total. The second-order valence-corrected chi connectivity index (χ2v) is 6.33. The van der Waals surface area contributed by atoms with Crippen molar-refractivity contribution in [1.29, 1.82) is 0 Å². The van der Waals surface area contributed by atoms with Gasteiger partial charge in [0.15, 0.2) is 0 Å². The van der Waals surface area contributed by atoms with Gasteiger partial charge < -0.3 is 19.4 Å². The van der Waals surface area contributed by atoms with Gasteiger partial charge in [-0.1, -0.05) is 0 Å². The molecule has 1 aliphatic rings. The van der Waals surface area contributed by atoms with Crippen LogP contribution in [0.15, 0.2) is 6.33 Å². The van der Waals surface area contributed by atoms with Gasteiger partial charge in [-0.2, -0.15) is 0 Å². The van der Waals surface area contributed by atoms with E-state index < -0.39 is 23.7 Å². The normalized spacial score (nSPS) is 18.5. The zero-order chi connectivity index (χ0) is 16.3. The van der Waals surface area contributed by atoms with Crippen LogP contribution in [0.2, 0.25) is 0 Å². The molecule has 2 atom stereocenters. The fourth-order valence-electron chi connectivity index (χ4n) is 2.49.